The number of aryl methyl sites for hydroxylation is 2. The lowest BCUT2D eigenvalue weighted by Gasteiger charge is -2.19. The van der Waals surface area contributed by atoms with Crippen LogP contribution in [-0.2, 0) is 16.0 Å². The van der Waals surface area contributed by atoms with Crippen LogP contribution in [0.4, 0.5) is 4.39 Å². The summed E-state index contributed by atoms with van der Waals surface area (Å²) < 4.78 is 32.3. The Bertz CT molecular complexity index is 1590. The molecular formula is C33H37FN4O5. The highest BCUT2D eigenvalue weighted by molar-refractivity contribution is 5.98. The lowest BCUT2D eigenvalue weighted by Crippen LogP contribution is -2.22. The molecule has 1 heterocycles. The molecule has 0 amide bonds. The van der Waals surface area contributed by atoms with Crippen LogP contribution in [0, 0.1) is 19.7 Å². The molecule has 9 nitrogen and oxygen atoms in total. The SMILES string of the molecule is COC(=O)C[C@@H]1COc2cc(O[C@@H]3CCc4c(-c5c(C)cc(/C(N)=N/N=NCC(C)(C)O)cc5C)ccc(F)c43)ccc21. The topological polar surface area (TPSA) is 128 Å². The number of hydrogen-bond acceptors (Lipinski definition) is 7. The van der Waals surface area contributed by atoms with Crippen LogP contribution < -0.4 is 15.2 Å². The molecule has 3 aromatic carbocycles. The number of nitrogens with two attached hydrogens (primary N) is 1. The van der Waals surface area contributed by atoms with Gasteiger partial charge in [0.05, 0.1) is 32.3 Å². The van der Waals surface area contributed by atoms with E-state index in [1.807, 2.05) is 50.2 Å². The quantitative estimate of drug-likeness (QED) is 0.103. The molecule has 0 fully saturated rings. The third kappa shape index (κ3) is 6.54. The number of esters is 1. The molecule has 0 saturated heterocycles. The number of fused-ring (bicyclic) bond motifs is 2. The molecule has 10 heteroatoms. The van der Waals surface area contributed by atoms with E-state index in [2.05, 4.69) is 15.4 Å². The third-order valence-electron chi connectivity index (χ3n) is 7.84. The van der Waals surface area contributed by atoms with Crippen molar-refractivity contribution in [1.82, 2.24) is 0 Å². The molecule has 1 aliphatic carbocycles. The van der Waals surface area contributed by atoms with Gasteiger partial charge in [-0.3, -0.25) is 4.79 Å². The standard InChI is InChI=1S/C33H37FN4O5/c1-18-12-20(32(35)37-38-36-17-33(3,4)40)13-19(2)30(18)24-8-10-26(34)31-25(24)9-11-27(31)43-22-6-7-23-21(14-29(39)41-5)16-42-28(23)15-22/h6-8,10,12-13,15,21,27,40H,9,11,14,16-17H2,1-5H3,(H2,35,36,37)/t21-,27-/m1/s1. The second-order valence-corrected chi connectivity index (χ2v) is 11.8. The summed E-state index contributed by atoms with van der Waals surface area (Å²) in [4.78, 5) is 11.8. The lowest BCUT2D eigenvalue weighted by atomic mass is 9.89. The van der Waals surface area contributed by atoms with Gasteiger partial charge in [0, 0.05) is 28.7 Å². The van der Waals surface area contributed by atoms with Crippen molar-refractivity contribution in [2.24, 2.45) is 21.2 Å². The number of benzene rings is 3. The van der Waals surface area contributed by atoms with E-state index in [1.165, 1.54) is 13.2 Å². The molecule has 5 rings (SSSR count). The van der Waals surface area contributed by atoms with Gasteiger partial charge >= 0.3 is 5.97 Å². The minimum atomic E-state index is -0.978. The van der Waals surface area contributed by atoms with Crippen molar-refractivity contribution in [2.75, 3.05) is 20.3 Å². The summed E-state index contributed by atoms with van der Waals surface area (Å²) in [5, 5.41) is 21.4. The fourth-order valence-electron chi connectivity index (χ4n) is 5.85. The van der Waals surface area contributed by atoms with E-state index in [9.17, 15) is 9.90 Å². The van der Waals surface area contributed by atoms with Gasteiger partial charge < -0.3 is 25.1 Å². The number of nitrogens with zero attached hydrogens (tertiary/aromatic N) is 3. The number of carbonyl (C=O) groups is 1. The molecule has 226 valence electrons. The number of ether oxygens (including phenoxy) is 3. The van der Waals surface area contributed by atoms with Crippen LogP contribution in [0.3, 0.4) is 0 Å². The van der Waals surface area contributed by atoms with Gasteiger partial charge in [0.1, 0.15) is 23.4 Å². The van der Waals surface area contributed by atoms with E-state index in [0.29, 0.717) is 42.1 Å². The van der Waals surface area contributed by atoms with Crippen molar-refractivity contribution in [1.29, 1.82) is 0 Å². The molecule has 3 N–H and O–H groups in total. The van der Waals surface area contributed by atoms with Crippen molar-refractivity contribution in [3.05, 3.63) is 81.7 Å². The number of halogens is 1. The number of rotatable bonds is 9. The van der Waals surface area contributed by atoms with Crippen LogP contribution in [0.5, 0.6) is 11.5 Å². The average Bonchev–Trinajstić information content (AvgIpc) is 3.55. The second kappa shape index (κ2) is 12.1. The van der Waals surface area contributed by atoms with Gasteiger partial charge in [-0.05, 0) is 97.8 Å². The molecule has 0 bridgehead atoms. The van der Waals surface area contributed by atoms with Gasteiger partial charge in [-0.1, -0.05) is 12.1 Å². The van der Waals surface area contributed by atoms with E-state index >= 15 is 4.39 Å². The molecule has 0 spiro atoms. The number of amidine groups is 1. The lowest BCUT2D eigenvalue weighted by molar-refractivity contribution is -0.141. The zero-order valence-corrected chi connectivity index (χ0v) is 25.1. The maximum absolute atomic E-state index is 15.3. The third-order valence-corrected chi connectivity index (χ3v) is 7.84. The van der Waals surface area contributed by atoms with Gasteiger partial charge in [0.2, 0.25) is 0 Å². The van der Waals surface area contributed by atoms with Crippen LogP contribution in [0.25, 0.3) is 11.1 Å². The highest BCUT2D eigenvalue weighted by atomic mass is 19.1. The van der Waals surface area contributed by atoms with Gasteiger partial charge in [0.15, 0.2) is 5.84 Å². The van der Waals surface area contributed by atoms with E-state index in [-0.39, 0.29) is 36.5 Å². The molecular weight excluding hydrogens is 551 g/mol. The molecule has 1 aliphatic heterocycles. The second-order valence-electron chi connectivity index (χ2n) is 11.8. The predicted molar refractivity (Wildman–Crippen MR) is 161 cm³/mol. The predicted octanol–water partition coefficient (Wildman–Crippen LogP) is 6.06. The van der Waals surface area contributed by atoms with Crippen LogP contribution in [0.15, 0.2) is 57.9 Å². The Kier molecular flexibility index (Phi) is 8.50. The summed E-state index contributed by atoms with van der Waals surface area (Å²) in [5.74, 6) is 0.836. The highest BCUT2D eigenvalue weighted by Crippen LogP contribution is 2.45. The van der Waals surface area contributed by atoms with Gasteiger partial charge in [-0.2, -0.15) is 5.11 Å². The number of carbonyl (C=O) groups excluding carboxylic acids is 1. The Morgan fingerprint density at radius 3 is 2.60 bits per heavy atom. The maximum atomic E-state index is 15.3. The van der Waals surface area contributed by atoms with Crippen LogP contribution in [-0.4, -0.2) is 42.8 Å². The number of aliphatic hydroxyl groups is 1. The van der Waals surface area contributed by atoms with E-state index in [0.717, 1.165) is 33.4 Å². The molecule has 2 atom stereocenters. The monoisotopic (exact) mass is 588 g/mol. The Hall–Kier alpha value is -4.31. The summed E-state index contributed by atoms with van der Waals surface area (Å²) in [6.45, 7) is 7.77. The van der Waals surface area contributed by atoms with Gasteiger partial charge in [0.25, 0.3) is 0 Å². The Labute approximate surface area is 250 Å². The fourth-order valence-corrected chi connectivity index (χ4v) is 5.85. The van der Waals surface area contributed by atoms with Crippen molar-refractivity contribution in [3.63, 3.8) is 0 Å². The smallest absolute Gasteiger partial charge is 0.306 e. The number of hydrogen-bond donors (Lipinski definition) is 2. The van der Waals surface area contributed by atoms with Crippen LogP contribution in [0.2, 0.25) is 0 Å². The van der Waals surface area contributed by atoms with E-state index in [1.54, 1.807) is 13.8 Å². The molecule has 0 radical (unpaired) electrons. The summed E-state index contributed by atoms with van der Waals surface area (Å²) in [5.41, 5.74) is 12.3. The highest BCUT2D eigenvalue weighted by Gasteiger charge is 2.32. The molecule has 2 aliphatic rings. The zero-order valence-electron chi connectivity index (χ0n) is 25.1. The minimum absolute atomic E-state index is 0.0636. The van der Waals surface area contributed by atoms with Gasteiger partial charge in [-0.25, -0.2) is 4.39 Å². The van der Waals surface area contributed by atoms with E-state index in [4.69, 9.17) is 19.9 Å². The summed E-state index contributed by atoms with van der Waals surface area (Å²) in [6, 6.07) is 12.8. The summed E-state index contributed by atoms with van der Waals surface area (Å²) in [6.07, 6.45) is 1.11. The van der Waals surface area contributed by atoms with Gasteiger partial charge in [-0.15, -0.1) is 5.10 Å². The zero-order chi connectivity index (χ0) is 30.9. The Morgan fingerprint density at radius 1 is 1.16 bits per heavy atom. The summed E-state index contributed by atoms with van der Waals surface area (Å²) in [7, 11) is 1.38. The molecule has 43 heavy (non-hydrogen) atoms. The number of methoxy groups -OCH3 is 1. The first kappa shape index (κ1) is 30.2. The minimum Gasteiger partial charge on any atom is -0.492 e. The molecule has 0 aromatic heterocycles. The fraction of sp³-hybridized carbons (Fsp3) is 0.394. The van der Waals surface area contributed by atoms with Crippen molar-refractivity contribution in [3.8, 4) is 22.6 Å². The first-order valence-corrected chi connectivity index (χ1v) is 14.3. The largest absolute Gasteiger partial charge is 0.492 e. The Morgan fingerprint density at radius 2 is 1.91 bits per heavy atom. The molecule has 3 aromatic rings. The molecule has 0 saturated carbocycles. The Balaban J connectivity index is 1.38. The molecule has 0 unspecified atom stereocenters. The van der Waals surface area contributed by atoms with E-state index < -0.39 is 11.7 Å². The van der Waals surface area contributed by atoms with Crippen molar-refractivity contribution in [2.45, 2.75) is 64.6 Å². The average molecular weight is 589 g/mol. The normalized spacial score (nSPS) is 18.0. The van der Waals surface area contributed by atoms with Crippen LogP contribution in [0.1, 0.15) is 72.1 Å². The summed E-state index contributed by atoms with van der Waals surface area (Å²) >= 11 is 0. The first-order valence-electron chi connectivity index (χ1n) is 14.3. The van der Waals surface area contributed by atoms with Crippen molar-refractivity contribution < 1.29 is 28.5 Å². The van der Waals surface area contributed by atoms with Crippen molar-refractivity contribution >= 4 is 11.8 Å². The van der Waals surface area contributed by atoms with Crippen LogP contribution >= 0.6 is 0 Å². The first-order chi connectivity index (χ1) is 20.4. The maximum Gasteiger partial charge on any atom is 0.306 e.